The van der Waals surface area contributed by atoms with Gasteiger partial charge in [0.2, 0.25) is 0 Å². The molecular formula is C54H86. The van der Waals surface area contributed by atoms with Gasteiger partial charge in [0.15, 0.2) is 0 Å². The third-order valence-corrected chi connectivity index (χ3v) is 12.0. The highest BCUT2D eigenvalue weighted by atomic mass is 14.4. The van der Waals surface area contributed by atoms with Crippen molar-refractivity contribution in [2.45, 2.75) is 239 Å². The van der Waals surface area contributed by atoms with Crippen molar-refractivity contribution in [3.63, 3.8) is 0 Å². The van der Waals surface area contributed by atoms with E-state index in [-0.39, 0.29) is 5.41 Å². The van der Waals surface area contributed by atoms with E-state index in [9.17, 15) is 0 Å². The molecule has 0 bridgehead atoms. The molecule has 2 aromatic carbocycles. The average molecular weight is 735 g/mol. The van der Waals surface area contributed by atoms with Crippen LogP contribution in [0, 0.1) is 29.6 Å². The highest BCUT2D eigenvalue weighted by Gasteiger charge is 2.34. The van der Waals surface area contributed by atoms with Crippen LogP contribution in [0.25, 0.3) is 0 Å². The Hall–Kier alpha value is -2.44. The Kier molecular flexibility index (Phi) is 29.0. The second-order valence-electron chi connectivity index (χ2n) is 16.9. The number of unbranched alkanes of at least 4 members (excludes halogenated alkanes) is 25. The van der Waals surface area contributed by atoms with Crippen LogP contribution in [0.5, 0.6) is 0 Å². The summed E-state index contributed by atoms with van der Waals surface area (Å²) in [6.07, 6.45) is 41.2. The van der Waals surface area contributed by atoms with Crippen LogP contribution < -0.4 is 0 Å². The molecule has 0 radical (unpaired) electrons. The lowest BCUT2D eigenvalue weighted by atomic mass is 9.66. The van der Waals surface area contributed by atoms with E-state index in [1.807, 2.05) is 0 Å². The molecule has 0 saturated heterocycles. The van der Waals surface area contributed by atoms with Gasteiger partial charge in [-0.3, -0.25) is 0 Å². The third kappa shape index (κ3) is 21.6. The molecule has 54 heavy (non-hydrogen) atoms. The number of rotatable bonds is 32. The zero-order chi connectivity index (χ0) is 38.8. The van der Waals surface area contributed by atoms with Crippen molar-refractivity contribution in [1.29, 1.82) is 0 Å². The van der Waals surface area contributed by atoms with Crippen LogP contribution in [0.4, 0.5) is 0 Å². The van der Waals surface area contributed by atoms with Gasteiger partial charge >= 0.3 is 0 Å². The first-order chi connectivity index (χ1) is 26.6. The fraction of sp³-hybridized carbons (Fsp3) is 0.704. The number of hydrogen-bond donors (Lipinski definition) is 0. The Bertz CT molecular complexity index is 1200. The first kappa shape index (κ1) is 47.7. The molecule has 302 valence electrons. The maximum absolute atomic E-state index is 3.58. The fourth-order valence-electron chi connectivity index (χ4n) is 8.45. The minimum absolute atomic E-state index is 0.0376. The van der Waals surface area contributed by atoms with Gasteiger partial charge in [0, 0.05) is 29.4 Å². The molecule has 0 nitrogen and oxygen atoms in total. The molecule has 2 rings (SSSR count). The molecule has 0 aliphatic carbocycles. The zero-order valence-electron chi connectivity index (χ0n) is 36.6. The van der Waals surface area contributed by atoms with Crippen molar-refractivity contribution < 1.29 is 0 Å². The molecule has 0 aliphatic heterocycles. The van der Waals surface area contributed by atoms with Gasteiger partial charge in [0.05, 0.1) is 0 Å². The van der Waals surface area contributed by atoms with E-state index in [0.717, 1.165) is 19.3 Å². The molecule has 0 aromatic heterocycles. The Morgan fingerprint density at radius 3 is 1.17 bits per heavy atom. The van der Waals surface area contributed by atoms with Crippen LogP contribution in [0.3, 0.4) is 0 Å². The number of benzene rings is 2. The summed E-state index contributed by atoms with van der Waals surface area (Å²) in [5.74, 6) is 14.9. The lowest BCUT2D eigenvalue weighted by Gasteiger charge is -2.37. The largest absolute Gasteiger partial charge is 0.0979 e. The van der Waals surface area contributed by atoms with E-state index in [2.05, 4.69) is 107 Å². The lowest BCUT2D eigenvalue weighted by Crippen LogP contribution is -2.30. The van der Waals surface area contributed by atoms with Gasteiger partial charge in [0.25, 0.3) is 0 Å². The maximum Gasteiger partial charge on any atom is 0.0248 e. The smallest absolute Gasteiger partial charge is 0.0248 e. The first-order valence-corrected chi connectivity index (χ1v) is 23.8. The second-order valence-corrected chi connectivity index (χ2v) is 16.9. The molecule has 0 aliphatic rings. The van der Waals surface area contributed by atoms with Crippen molar-refractivity contribution >= 4 is 0 Å². The van der Waals surface area contributed by atoms with E-state index in [4.69, 9.17) is 0 Å². The topological polar surface area (TPSA) is 0 Å². The van der Waals surface area contributed by atoms with Gasteiger partial charge in [-0.1, -0.05) is 243 Å². The molecule has 1 atom stereocenters. The summed E-state index contributed by atoms with van der Waals surface area (Å²) >= 11 is 0. The van der Waals surface area contributed by atoms with E-state index in [1.165, 1.54) is 202 Å². The molecule has 0 fully saturated rings. The fourth-order valence-corrected chi connectivity index (χ4v) is 8.45. The first-order valence-electron chi connectivity index (χ1n) is 23.8. The predicted molar refractivity (Wildman–Crippen MR) is 242 cm³/mol. The number of hydrogen-bond acceptors (Lipinski definition) is 0. The minimum atomic E-state index is -0.0376. The Morgan fingerprint density at radius 1 is 0.444 bits per heavy atom. The highest BCUT2D eigenvalue weighted by Crippen LogP contribution is 2.43. The second kappa shape index (κ2) is 32.8. The highest BCUT2D eigenvalue weighted by molar-refractivity contribution is 5.48. The molecule has 0 N–H and O–H groups in total. The Morgan fingerprint density at radius 2 is 0.796 bits per heavy atom. The average Bonchev–Trinajstić information content (AvgIpc) is 3.19. The van der Waals surface area contributed by atoms with Crippen molar-refractivity contribution in [2.75, 3.05) is 0 Å². The molecule has 0 amide bonds. The van der Waals surface area contributed by atoms with Gasteiger partial charge < -0.3 is 0 Å². The molecule has 1 unspecified atom stereocenters. The van der Waals surface area contributed by atoms with Crippen molar-refractivity contribution in [2.24, 2.45) is 5.92 Å². The van der Waals surface area contributed by atoms with Gasteiger partial charge in [-0.2, -0.15) is 0 Å². The van der Waals surface area contributed by atoms with E-state index in [0.29, 0.717) is 5.92 Å². The molecule has 0 spiro atoms. The standard InChI is InChI=1S/C54H86/c1-6-10-13-16-19-21-23-25-27-29-32-35-40-50-42-37-44-52(46-50)54(9-4,48-49(5)39-34-31-18-15-12-8-3)53-45-38-43-51(47-53)41-36-33-30-28-26-24-22-20-17-14-11-7-2/h37-38,42-47,49H,6-34,39,48H2,1-5H3. The summed E-state index contributed by atoms with van der Waals surface area (Å²) in [5, 5.41) is 0. The lowest BCUT2D eigenvalue weighted by molar-refractivity contribution is 0.344. The van der Waals surface area contributed by atoms with Crippen molar-refractivity contribution in [3.8, 4) is 23.7 Å². The van der Waals surface area contributed by atoms with Crippen molar-refractivity contribution in [3.05, 3.63) is 70.8 Å². The van der Waals surface area contributed by atoms with E-state index in [1.54, 1.807) is 0 Å². The zero-order valence-corrected chi connectivity index (χ0v) is 36.6. The monoisotopic (exact) mass is 735 g/mol. The van der Waals surface area contributed by atoms with Crippen LogP contribution in [-0.2, 0) is 5.41 Å². The van der Waals surface area contributed by atoms with Crippen LogP contribution in [-0.4, -0.2) is 0 Å². The van der Waals surface area contributed by atoms with Gasteiger partial charge in [-0.05, 0) is 67.0 Å². The summed E-state index contributed by atoms with van der Waals surface area (Å²) in [4.78, 5) is 0. The summed E-state index contributed by atoms with van der Waals surface area (Å²) in [6.45, 7) is 11.8. The normalized spacial score (nSPS) is 11.9. The SMILES string of the molecule is CCCCCCCCCCCCC#Cc1cccc(C(CC)(CC(C)CCCCCCCC)c2cccc(C#CCCCCCCCCCCCC)c2)c1. The maximum atomic E-state index is 3.58. The van der Waals surface area contributed by atoms with Crippen LogP contribution in [0.1, 0.15) is 256 Å². The summed E-state index contributed by atoms with van der Waals surface area (Å²) in [5.41, 5.74) is 5.17. The van der Waals surface area contributed by atoms with Crippen LogP contribution in [0.2, 0.25) is 0 Å². The summed E-state index contributed by atoms with van der Waals surface area (Å²) in [6, 6.07) is 18.6. The third-order valence-electron chi connectivity index (χ3n) is 12.0. The predicted octanol–water partition coefficient (Wildman–Crippen LogP) is 17.5. The van der Waals surface area contributed by atoms with Crippen LogP contribution in [0.15, 0.2) is 48.5 Å². The summed E-state index contributed by atoms with van der Waals surface area (Å²) in [7, 11) is 0. The molecular weight excluding hydrogens is 649 g/mol. The van der Waals surface area contributed by atoms with Gasteiger partial charge in [-0.25, -0.2) is 0 Å². The Balaban J connectivity index is 2.07. The van der Waals surface area contributed by atoms with E-state index < -0.39 is 0 Å². The Labute approximate surface area is 338 Å². The molecule has 0 saturated carbocycles. The summed E-state index contributed by atoms with van der Waals surface area (Å²) < 4.78 is 0. The quantitative estimate of drug-likeness (QED) is 0.0519. The molecule has 0 heterocycles. The molecule has 0 heteroatoms. The van der Waals surface area contributed by atoms with Crippen molar-refractivity contribution in [1.82, 2.24) is 0 Å². The van der Waals surface area contributed by atoms with E-state index >= 15 is 0 Å². The van der Waals surface area contributed by atoms with Gasteiger partial charge in [0.1, 0.15) is 0 Å². The van der Waals surface area contributed by atoms with Crippen LogP contribution >= 0.6 is 0 Å². The minimum Gasteiger partial charge on any atom is -0.0979 e. The molecule has 2 aromatic rings. The van der Waals surface area contributed by atoms with Gasteiger partial charge in [-0.15, -0.1) is 0 Å².